The second-order valence-corrected chi connectivity index (χ2v) is 5.15. The lowest BCUT2D eigenvalue weighted by molar-refractivity contribution is -0.125. The molecule has 17 heavy (non-hydrogen) atoms. The van der Waals surface area contributed by atoms with Crippen LogP contribution in [0.2, 0.25) is 0 Å². The molecule has 2 aliphatic carbocycles. The maximum Gasteiger partial charge on any atom is 0.223 e. The van der Waals surface area contributed by atoms with Crippen LogP contribution in [0.15, 0.2) is 0 Å². The van der Waals surface area contributed by atoms with Crippen LogP contribution in [0.1, 0.15) is 38.5 Å². The molecule has 0 heterocycles. The quantitative estimate of drug-likeness (QED) is 0.626. The molecule has 0 aliphatic heterocycles. The molecule has 0 bridgehead atoms. The molecule has 0 aromatic rings. The molecule has 0 aromatic carbocycles. The topological polar surface area (TPSA) is 84.2 Å². The molecule has 0 saturated heterocycles. The molecule has 0 spiro atoms. The molecule has 0 aromatic heterocycles. The monoisotopic (exact) mass is 239 g/mol. The first kappa shape index (κ1) is 12.4. The molecule has 2 aliphatic rings. The molecular weight excluding hydrogens is 218 g/mol. The highest BCUT2D eigenvalue weighted by Gasteiger charge is 2.27. The third-order valence-corrected chi connectivity index (χ3v) is 3.44. The molecular formula is C12H21N3O2. The van der Waals surface area contributed by atoms with Crippen LogP contribution in [-0.2, 0) is 9.59 Å². The first-order chi connectivity index (χ1) is 8.15. The SMILES string of the molecule is NC1CCC(C(=O)NCCC(=O)NC2CC2)C1. The van der Waals surface area contributed by atoms with Gasteiger partial charge in [-0.3, -0.25) is 9.59 Å². The van der Waals surface area contributed by atoms with E-state index in [1.165, 1.54) is 0 Å². The standard InChI is InChI=1S/C12H21N3O2/c13-9-2-1-8(7-9)12(17)14-6-5-11(16)15-10-3-4-10/h8-10H,1-7,13H2,(H,14,17)(H,15,16). The molecule has 4 N–H and O–H groups in total. The van der Waals surface area contributed by atoms with Gasteiger partial charge in [0, 0.05) is 31.0 Å². The summed E-state index contributed by atoms with van der Waals surface area (Å²) < 4.78 is 0. The molecule has 2 atom stereocenters. The zero-order valence-electron chi connectivity index (χ0n) is 10.1. The number of carbonyl (C=O) groups is 2. The third kappa shape index (κ3) is 4.00. The first-order valence-electron chi connectivity index (χ1n) is 6.48. The molecule has 0 radical (unpaired) electrons. The van der Waals surface area contributed by atoms with Gasteiger partial charge >= 0.3 is 0 Å². The fourth-order valence-electron chi connectivity index (χ4n) is 2.23. The van der Waals surface area contributed by atoms with Crippen LogP contribution in [0.4, 0.5) is 0 Å². The van der Waals surface area contributed by atoms with Gasteiger partial charge in [0.05, 0.1) is 0 Å². The van der Waals surface area contributed by atoms with Crippen LogP contribution in [0.5, 0.6) is 0 Å². The molecule has 2 unspecified atom stereocenters. The summed E-state index contributed by atoms with van der Waals surface area (Å²) in [5.74, 6) is 0.143. The van der Waals surface area contributed by atoms with E-state index in [0.717, 1.165) is 32.1 Å². The lowest BCUT2D eigenvalue weighted by Crippen LogP contribution is -2.34. The summed E-state index contributed by atoms with van der Waals surface area (Å²) in [5, 5.41) is 5.71. The Kier molecular flexibility index (Phi) is 3.99. The normalized spacial score (nSPS) is 27.8. The Hall–Kier alpha value is -1.10. The maximum absolute atomic E-state index is 11.7. The van der Waals surface area contributed by atoms with Crippen LogP contribution in [0, 0.1) is 5.92 Å². The van der Waals surface area contributed by atoms with Gasteiger partial charge in [-0.2, -0.15) is 0 Å². The van der Waals surface area contributed by atoms with Gasteiger partial charge in [-0.05, 0) is 32.1 Å². The summed E-state index contributed by atoms with van der Waals surface area (Å²) in [4.78, 5) is 23.1. The average molecular weight is 239 g/mol. The van der Waals surface area contributed by atoms with Crippen LogP contribution < -0.4 is 16.4 Å². The molecule has 2 rings (SSSR count). The Labute approximate surface area is 102 Å². The van der Waals surface area contributed by atoms with E-state index in [1.807, 2.05) is 0 Å². The van der Waals surface area contributed by atoms with E-state index in [2.05, 4.69) is 10.6 Å². The summed E-state index contributed by atoms with van der Waals surface area (Å²) in [7, 11) is 0. The zero-order chi connectivity index (χ0) is 12.3. The highest BCUT2D eigenvalue weighted by atomic mass is 16.2. The Morgan fingerprint density at radius 3 is 2.53 bits per heavy atom. The number of nitrogens with one attached hydrogen (secondary N) is 2. The highest BCUT2D eigenvalue weighted by molar-refractivity contribution is 5.80. The fraction of sp³-hybridized carbons (Fsp3) is 0.833. The summed E-state index contributed by atoms with van der Waals surface area (Å²) >= 11 is 0. The van der Waals surface area contributed by atoms with Crippen molar-refractivity contribution in [1.82, 2.24) is 10.6 Å². The number of carbonyl (C=O) groups excluding carboxylic acids is 2. The van der Waals surface area contributed by atoms with Crippen LogP contribution in [0.3, 0.4) is 0 Å². The molecule has 2 saturated carbocycles. The van der Waals surface area contributed by atoms with E-state index in [-0.39, 0.29) is 23.8 Å². The fourth-order valence-corrected chi connectivity index (χ4v) is 2.23. The number of hydrogen-bond donors (Lipinski definition) is 3. The Bertz CT molecular complexity index is 302. The predicted octanol–water partition coefficient (Wildman–Crippen LogP) is -0.101. The van der Waals surface area contributed by atoms with Crippen molar-refractivity contribution in [2.45, 2.75) is 50.6 Å². The second-order valence-electron chi connectivity index (χ2n) is 5.15. The van der Waals surface area contributed by atoms with Gasteiger partial charge in [-0.1, -0.05) is 0 Å². The Morgan fingerprint density at radius 1 is 1.18 bits per heavy atom. The van der Waals surface area contributed by atoms with Crippen molar-refractivity contribution in [2.24, 2.45) is 11.7 Å². The van der Waals surface area contributed by atoms with Crippen molar-refractivity contribution in [3.63, 3.8) is 0 Å². The highest BCUT2D eigenvalue weighted by Crippen LogP contribution is 2.24. The minimum absolute atomic E-state index is 0.0379. The zero-order valence-corrected chi connectivity index (χ0v) is 10.1. The summed E-state index contributed by atoms with van der Waals surface area (Å²) in [6.07, 6.45) is 5.15. The third-order valence-electron chi connectivity index (χ3n) is 3.44. The number of rotatable bonds is 5. The van der Waals surface area contributed by atoms with E-state index in [1.54, 1.807) is 0 Å². The van der Waals surface area contributed by atoms with Gasteiger partial charge in [0.25, 0.3) is 0 Å². The molecule has 2 amide bonds. The molecule has 96 valence electrons. The minimum atomic E-state index is 0.0379. The predicted molar refractivity (Wildman–Crippen MR) is 64.1 cm³/mol. The van der Waals surface area contributed by atoms with Gasteiger partial charge in [-0.15, -0.1) is 0 Å². The van der Waals surface area contributed by atoms with Crippen molar-refractivity contribution in [3.8, 4) is 0 Å². The van der Waals surface area contributed by atoms with Crippen molar-refractivity contribution in [2.75, 3.05) is 6.54 Å². The second kappa shape index (κ2) is 5.49. The van der Waals surface area contributed by atoms with Crippen LogP contribution >= 0.6 is 0 Å². The van der Waals surface area contributed by atoms with Gasteiger partial charge in [0.2, 0.25) is 11.8 Å². The van der Waals surface area contributed by atoms with Gasteiger partial charge < -0.3 is 16.4 Å². The van der Waals surface area contributed by atoms with Crippen LogP contribution in [-0.4, -0.2) is 30.4 Å². The first-order valence-corrected chi connectivity index (χ1v) is 6.48. The van der Waals surface area contributed by atoms with E-state index in [0.29, 0.717) is 19.0 Å². The number of amides is 2. The van der Waals surface area contributed by atoms with Crippen molar-refractivity contribution in [1.29, 1.82) is 0 Å². The average Bonchev–Trinajstić information content (AvgIpc) is 2.97. The summed E-state index contributed by atoms with van der Waals surface area (Å²) in [6, 6.07) is 0.565. The van der Waals surface area contributed by atoms with Crippen LogP contribution in [0.25, 0.3) is 0 Å². The Balaban J connectivity index is 1.57. The lowest BCUT2D eigenvalue weighted by Gasteiger charge is -2.10. The number of nitrogens with two attached hydrogens (primary N) is 1. The molecule has 2 fully saturated rings. The molecule has 5 nitrogen and oxygen atoms in total. The van der Waals surface area contributed by atoms with E-state index in [4.69, 9.17) is 5.73 Å². The summed E-state index contributed by atoms with van der Waals surface area (Å²) in [6.45, 7) is 0.434. The lowest BCUT2D eigenvalue weighted by atomic mass is 10.1. The van der Waals surface area contributed by atoms with E-state index < -0.39 is 0 Å². The summed E-state index contributed by atoms with van der Waals surface area (Å²) in [5.41, 5.74) is 5.76. The van der Waals surface area contributed by atoms with E-state index in [9.17, 15) is 9.59 Å². The van der Waals surface area contributed by atoms with Gasteiger partial charge in [0.1, 0.15) is 0 Å². The van der Waals surface area contributed by atoms with Gasteiger partial charge in [-0.25, -0.2) is 0 Å². The van der Waals surface area contributed by atoms with Gasteiger partial charge in [0.15, 0.2) is 0 Å². The van der Waals surface area contributed by atoms with Crippen molar-refractivity contribution >= 4 is 11.8 Å². The smallest absolute Gasteiger partial charge is 0.223 e. The van der Waals surface area contributed by atoms with Crippen molar-refractivity contribution in [3.05, 3.63) is 0 Å². The Morgan fingerprint density at radius 2 is 1.94 bits per heavy atom. The largest absolute Gasteiger partial charge is 0.355 e. The van der Waals surface area contributed by atoms with E-state index >= 15 is 0 Å². The number of hydrogen-bond acceptors (Lipinski definition) is 3. The molecule has 5 heteroatoms. The minimum Gasteiger partial charge on any atom is -0.355 e. The van der Waals surface area contributed by atoms with Crippen molar-refractivity contribution < 1.29 is 9.59 Å². The maximum atomic E-state index is 11.7.